The third kappa shape index (κ3) is 2.48. The SMILES string of the molecule is CC(C)C(C)C1CCCC(C)C1C. The quantitative estimate of drug-likeness (QED) is 0.595. The van der Waals surface area contributed by atoms with Crippen molar-refractivity contribution in [3.05, 3.63) is 0 Å². The molecule has 4 atom stereocenters. The zero-order chi connectivity index (χ0) is 10.0. The van der Waals surface area contributed by atoms with Crippen molar-refractivity contribution in [3.8, 4) is 0 Å². The minimum atomic E-state index is 0.859. The first kappa shape index (κ1) is 11.1. The molecule has 1 fully saturated rings. The summed E-state index contributed by atoms with van der Waals surface area (Å²) in [5.41, 5.74) is 0. The third-order valence-electron chi connectivity index (χ3n) is 4.50. The second-order valence-electron chi connectivity index (χ2n) is 5.53. The van der Waals surface area contributed by atoms with Gasteiger partial charge in [0.15, 0.2) is 0 Å². The molecule has 0 radical (unpaired) electrons. The predicted molar refractivity (Wildman–Crippen MR) is 59.7 cm³/mol. The molecule has 0 saturated heterocycles. The van der Waals surface area contributed by atoms with Gasteiger partial charge in [-0.05, 0) is 36.0 Å². The topological polar surface area (TPSA) is 0 Å². The van der Waals surface area contributed by atoms with Crippen LogP contribution in [0.25, 0.3) is 0 Å². The Morgan fingerprint density at radius 1 is 1.00 bits per heavy atom. The second-order valence-corrected chi connectivity index (χ2v) is 5.53. The highest BCUT2D eigenvalue weighted by molar-refractivity contribution is 4.81. The zero-order valence-electron chi connectivity index (χ0n) is 10.0. The van der Waals surface area contributed by atoms with Gasteiger partial charge in [0.2, 0.25) is 0 Å². The fraction of sp³-hybridized carbons (Fsp3) is 1.00. The van der Waals surface area contributed by atoms with Gasteiger partial charge in [0, 0.05) is 0 Å². The van der Waals surface area contributed by atoms with Crippen LogP contribution < -0.4 is 0 Å². The van der Waals surface area contributed by atoms with Crippen molar-refractivity contribution in [1.82, 2.24) is 0 Å². The first-order valence-corrected chi connectivity index (χ1v) is 6.04. The summed E-state index contributed by atoms with van der Waals surface area (Å²) < 4.78 is 0. The lowest BCUT2D eigenvalue weighted by Crippen LogP contribution is -2.31. The van der Waals surface area contributed by atoms with Crippen LogP contribution in [-0.2, 0) is 0 Å². The minimum absolute atomic E-state index is 0.859. The molecular formula is C13H26. The molecule has 0 bridgehead atoms. The first-order chi connectivity index (χ1) is 6.04. The predicted octanol–water partition coefficient (Wildman–Crippen LogP) is 4.35. The summed E-state index contributed by atoms with van der Waals surface area (Å²) in [4.78, 5) is 0. The Morgan fingerprint density at radius 3 is 2.15 bits per heavy atom. The average molecular weight is 182 g/mol. The Kier molecular flexibility index (Phi) is 3.82. The molecule has 0 amide bonds. The van der Waals surface area contributed by atoms with Crippen LogP contribution in [0, 0.1) is 29.6 Å². The Bertz CT molecular complexity index is 144. The molecular weight excluding hydrogens is 156 g/mol. The van der Waals surface area contributed by atoms with E-state index in [4.69, 9.17) is 0 Å². The number of hydrogen-bond donors (Lipinski definition) is 0. The normalized spacial score (nSPS) is 37.8. The molecule has 0 spiro atoms. The fourth-order valence-corrected chi connectivity index (χ4v) is 2.86. The van der Waals surface area contributed by atoms with Gasteiger partial charge in [0.25, 0.3) is 0 Å². The standard InChI is InChI=1S/C13H26/c1-9(2)11(4)13-8-6-7-10(3)12(13)5/h9-13H,6-8H2,1-5H3. The maximum Gasteiger partial charge on any atom is -0.0358 e. The Labute approximate surface area is 84.1 Å². The van der Waals surface area contributed by atoms with E-state index in [2.05, 4.69) is 34.6 Å². The molecule has 13 heavy (non-hydrogen) atoms. The van der Waals surface area contributed by atoms with Crippen LogP contribution in [0.4, 0.5) is 0 Å². The highest BCUT2D eigenvalue weighted by Crippen LogP contribution is 2.40. The van der Waals surface area contributed by atoms with Crippen molar-refractivity contribution in [1.29, 1.82) is 0 Å². The van der Waals surface area contributed by atoms with E-state index in [0.717, 1.165) is 29.6 Å². The van der Waals surface area contributed by atoms with E-state index in [9.17, 15) is 0 Å². The molecule has 1 rings (SSSR count). The van der Waals surface area contributed by atoms with Crippen molar-refractivity contribution >= 4 is 0 Å². The summed E-state index contributed by atoms with van der Waals surface area (Å²) in [5, 5.41) is 0. The highest BCUT2D eigenvalue weighted by atomic mass is 14.4. The number of hydrogen-bond acceptors (Lipinski definition) is 0. The third-order valence-corrected chi connectivity index (χ3v) is 4.50. The molecule has 78 valence electrons. The highest BCUT2D eigenvalue weighted by Gasteiger charge is 2.31. The molecule has 0 heteroatoms. The van der Waals surface area contributed by atoms with E-state index < -0.39 is 0 Å². The van der Waals surface area contributed by atoms with Gasteiger partial charge in [0.1, 0.15) is 0 Å². The fourth-order valence-electron chi connectivity index (χ4n) is 2.86. The summed E-state index contributed by atoms with van der Waals surface area (Å²) in [6, 6.07) is 0. The van der Waals surface area contributed by atoms with Gasteiger partial charge in [-0.25, -0.2) is 0 Å². The van der Waals surface area contributed by atoms with E-state index in [-0.39, 0.29) is 0 Å². The van der Waals surface area contributed by atoms with Gasteiger partial charge in [-0.2, -0.15) is 0 Å². The van der Waals surface area contributed by atoms with E-state index in [0.29, 0.717) is 0 Å². The van der Waals surface area contributed by atoms with Crippen LogP contribution in [-0.4, -0.2) is 0 Å². The Hall–Kier alpha value is 0. The molecule has 0 heterocycles. The first-order valence-electron chi connectivity index (χ1n) is 6.04. The van der Waals surface area contributed by atoms with Crippen molar-refractivity contribution in [2.24, 2.45) is 29.6 Å². The van der Waals surface area contributed by atoms with Crippen molar-refractivity contribution in [2.75, 3.05) is 0 Å². The van der Waals surface area contributed by atoms with Crippen LogP contribution in [0.2, 0.25) is 0 Å². The van der Waals surface area contributed by atoms with Crippen molar-refractivity contribution in [2.45, 2.75) is 53.9 Å². The molecule has 4 unspecified atom stereocenters. The summed E-state index contributed by atoms with van der Waals surface area (Å²) in [6.45, 7) is 12.1. The van der Waals surface area contributed by atoms with Gasteiger partial charge in [-0.1, -0.05) is 47.5 Å². The molecule has 1 saturated carbocycles. The summed E-state index contributed by atoms with van der Waals surface area (Å²) in [6.07, 6.45) is 4.40. The molecule has 0 aromatic carbocycles. The molecule has 0 N–H and O–H groups in total. The van der Waals surface area contributed by atoms with Gasteiger partial charge >= 0.3 is 0 Å². The van der Waals surface area contributed by atoms with E-state index in [1.807, 2.05) is 0 Å². The lowest BCUT2D eigenvalue weighted by atomic mass is 9.66. The average Bonchev–Trinajstić information content (AvgIpc) is 2.08. The van der Waals surface area contributed by atoms with Crippen LogP contribution in [0.1, 0.15) is 53.9 Å². The van der Waals surface area contributed by atoms with E-state index >= 15 is 0 Å². The molecule has 1 aliphatic rings. The van der Waals surface area contributed by atoms with E-state index in [1.54, 1.807) is 0 Å². The molecule has 0 aliphatic heterocycles. The maximum atomic E-state index is 2.47. The van der Waals surface area contributed by atoms with Gasteiger partial charge in [-0.15, -0.1) is 0 Å². The van der Waals surface area contributed by atoms with Crippen LogP contribution in [0.15, 0.2) is 0 Å². The van der Waals surface area contributed by atoms with Gasteiger partial charge < -0.3 is 0 Å². The largest absolute Gasteiger partial charge is 0.0625 e. The lowest BCUT2D eigenvalue weighted by Gasteiger charge is -2.39. The minimum Gasteiger partial charge on any atom is -0.0625 e. The van der Waals surface area contributed by atoms with Crippen molar-refractivity contribution < 1.29 is 0 Å². The Balaban J connectivity index is 2.57. The van der Waals surface area contributed by atoms with E-state index in [1.165, 1.54) is 19.3 Å². The van der Waals surface area contributed by atoms with Crippen LogP contribution in [0.5, 0.6) is 0 Å². The monoisotopic (exact) mass is 182 g/mol. The molecule has 0 nitrogen and oxygen atoms in total. The molecule has 1 aliphatic carbocycles. The molecule has 0 aromatic rings. The Morgan fingerprint density at radius 2 is 1.62 bits per heavy atom. The van der Waals surface area contributed by atoms with Gasteiger partial charge in [-0.3, -0.25) is 0 Å². The van der Waals surface area contributed by atoms with Crippen LogP contribution >= 0.6 is 0 Å². The number of rotatable bonds is 2. The zero-order valence-corrected chi connectivity index (χ0v) is 10.0. The van der Waals surface area contributed by atoms with Gasteiger partial charge in [0.05, 0.1) is 0 Å². The summed E-state index contributed by atoms with van der Waals surface area (Å²) in [5.74, 6) is 4.67. The smallest absolute Gasteiger partial charge is 0.0358 e. The summed E-state index contributed by atoms with van der Waals surface area (Å²) >= 11 is 0. The second kappa shape index (κ2) is 4.48. The maximum absolute atomic E-state index is 2.47. The van der Waals surface area contributed by atoms with Crippen LogP contribution in [0.3, 0.4) is 0 Å². The molecule has 0 aromatic heterocycles. The summed E-state index contributed by atoms with van der Waals surface area (Å²) in [7, 11) is 0. The van der Waals surface area contributed by atoms with Crippen molar-refractivity contribution in [3.63, 3.8) is 0 Å². The lowest BCUT2D eigenvalue weighted by molar-refractivity contribution is 0.107.